The minimum Gasteiger partial charge on any atom is -0.476 e. The Hall–Kier alpha value is -0.770. The highest BCUT2D eigenvalue weighted by Gasteiger charge is 2.02. The Bertz CT molecular complexity index is 244. The third-order valence-corrected chi connectivity index (χ3v) is 3.74. The SMILES string of the molecule is CCCCCCCCCCCC(=NO)OCCOCCCC. The fraction of sp³-hybridized carbons (Fsp3) is 0.944. The van der Waals surface area contributed by atoms with Gasteiger partial charge in [-0.15, -0.1) is 0 Å². The van der Waals surface area contributed by atoms with Crippen LogP contribution in [0.4, 0.5) is 0 Å². The van der Waals surface area contributed by atoms with Crippen LogP contribution in [0.3, 0.4) is 0 Å². The second-order valence-electron chi connectivity index (χ2n) is 5.89. The molecule has 22 heavy (non-hydrogen) atoms. The van der Waals surface area contributed by atoms with Gasteiger partial charge >= 0.3 is 0 Å². The zero-order chi connectivity index (χ0) is 16.3. The number of unbranched alkanes of at least 4 members (excludes halogenated alkanes) is 9. The molecule has 0 aliphatic rings. The fourth-order valence-corrected chi connectivity index (χ4v) is 2.30. The molecule has 4 nitrogen and oxygen atoms in total. The van der Waals surface area contributed by atoms with Crippen molar-refractivity contribution >= 4 is 5.90 Å². The van der Waals surface area contributed by atoms with Gasteiger partial charge in [-0.2, -0.15) is 0 Å². The maximum atomic E-state index is 8.91. The van der Waals surface area contributed by atoms with E-state index in [-0.39, 0.29) is 0 Å². The van der Waals surface area contributed by atoms with E-state index in [0.717, 1.165) is 32.3 Å². The molecule has 0 aromatic rings. The Balaban J connectivity index is 3.32. The van der Waals surface area contributed by atoms with Crippen molar-refractivity contribution in [3.63, 3.8) is 0 Å². The van der Waals surface area contributed by atoms with E-state index >= 15 is 0 Å². The van der Waals surface area contributed by atoms with E-state index in [2.05, 4.69) is 19.0 Å². The smallest absolute Gasteiger partial charge is 0.225 e. The summed E-state index contributed by atoms with van der Waals surface area (Å²) in [6, 6.07) is 0. The molecule has 0 spiro atoms. The van der Waals surface area contributed by atoms with Crippen LogP contribution in [0.5, 0.6) is 0 Å². The van der Waals surface area contributed by atoms with E-state index in [1.54, 1.807) is 0 Å². The summed E-state index contributed by atoms with van der Waals surface area (Å²) in [7, 11) is 0. The van der Waals surface area contributed by atoms with Gasteiger partial charge in [0.1, 0.15) is 6.61 Å². The maximum Gasteiger partial charge on any atom is 0.225 e. The molecular formula is C18H37NO3. The summed E-state index contributed by atoms with van der Waals surface area (Å²) in [5, 5.41) is 12.1. The molecule has 0 saturated heterocycles. The van der Waals surface area contributed by atoms with Gasteiger partial charge in [0.15, 0.2) is 0 Å². The summed E-state index contributed by atoms with van der Waals surface area (Å²) in [4.78, 5) is 0. The topological polar surface area (TPSA) is 51.1 Å². The van der Waals surface area contributed by atoms with Crippen molar-refractivity contribution in [3.05, 3.63) is 0 Å². The standard InChI is InChI=1S/C18H37NO3/c1-3-5-7-8-9-10-11-12-13-14-18(19-20)22-17-16-21-15-6-4-2/h20H,3-17H2,1-2H3. The number of ether oxygens (including phenoxy) is 2. The lowest BCUT2D eigenvalue weighted by atomic mass is 10.1. The molecule has 0 unspecified atom stereocenters. The van der Waals surface area contributed by atoms with Crippen LogP contribution in [-0.2, 0) is 9.47 Å². The lowest BCUT2D eigenvalue weighted by Gasteiger charge is -2.08. The molecule has 4 heteroatoms. The Morgan fingerprint density at radius 1 is 0.727 bits per heavy atom. The fourth-order valence-electron chi connectivity index (χ4n) is 2.30. The van der Waals surface area contributed by atoms with Gasteiger partial charge in [-0.05, 0) is 12.8 Å². The van der Waals surface area contributed by atoms with Crippen molar-refractivity contribution in [1.29, 1.82) is 0 Å². The quantitative estimate of drug-likeness (QED) is 0.134. The van der Waals surface area contributed by atoms with Gasteiger partial charge in [0.2, 0.25) is 5.90 Å². The van der Waals surface area contributed by atoms with E-state index in [1.165, 1.54) is 51.4 Å². The predicted octanol–water partition coefficient (Wildman–Crippen LogP) is 5.53. The molecule has 0 aromatic carbocycles. The second-order valence-corrected chi connectivity index (χ2v) is 5.89. The van der Waals surface area contributed by atoms with Gasteiger partial charge in [0, 0.05) is 13.0 Å². The first-order chi connectivity index (χ1) is 10.8. The van der Waals surface area contributed by atoms with E-state index in [4.69, 9.17) is 14.7 Å². The molecule has 0 fully saturated rings. The zero-order valence-electron chi connectivity index (χ0n) is 14.8. The summed E-state index contributed by atoms with van der Waals surface area (Å²) >= 11 is 0. The number of rotatable bonds is 16. The molecule has 0 radical (unpaired) electrons. The molecule has 0 aliphatic carbocycles. The summed E-state index contributed by atoms with van der Waals surface area (Å²) in [5.74, 6) is 0.446. The van der Waals surface area contributed by atoms with Crippen LogP contribution in [0.2, 0.25) is 0 Å². The molecule has 0 bridgehead atoms. The van der Waals surface area contributed by atoms with Crippen LogP contribution in [0, 0.1) is 0 Å². The maximum absolute atomic E-state index is 8.91. The van der Waals surface area contributed by atoms with E-state index in [1.807, 2.05) is 0 Å². The van der Waals surface area contributed by atoms with Crippen molar-refractivity contribution in [2.75, 3.05) is 19.8 Å². The molecule has 0 heterocycles. The molecule has 0 aliphatic heterocycles. The Kier molecular flexibility index (Phi) is 17.6. The van der Waals surface area contributed by atoms with Crippen LogP contribution in [0.1, 0.15) is 90.9 Å². The highest BCUT2D eigenvalue weighted by molar-refractivity contribution is 5.75. The summed E-state index contributed by atoms with van der Waals surface area (Å²) in [6.07, 6.45) is 14.5. The van der Waals surface area contributed by atoms with Crippen LogP contribution in [-0.4, -0.2) is 30.9 Å². The van der Waals surface area contributed by atoms with Gasteiger partial charge in [-0.3, -0.25) is 0 Å². The van der Waals surface area contributed by atoms with Crippen LogP contribution < -0.4 is 0 Å². The lowest BCUT2D eigenvalue weighted by molar-refractivity contribution is 0.0909. The molecule has 0 rings (SSSR count). The normalized spacial score (nSPS) is 11.8. The van der Waals surface area contributed by atoms with E-state index in [9.17, 15) is 0 Å². The Morgan fingerprint density at radius 3 is 1.91 bits per heavy atom. The second kappa shape index (κ2) is 18.3. The molecule has 132 valence electrons. The Morgan fingerprint density at radius 2 is 1.32 bits per heavy atom. The molecule has 1 N–H and O–H groups in total. The minimum absolute atomic E-state index is 0.446. The largest absolute Gasteiger partial charge is 0.476 e. The van der Waals surface area contributed by atoms with E-state index in [0.29, 0.717) is 19.1 Å². The molecule has 0 amide bonds. The van der Waals surface area contributed by atoms with Gasteiger partial charge in [0.05, 0.1) is 6.61 Å². The first-order valence-electron chi connectivity index (χ1n) is 9.26. The van der Waals surface area contributed by atoms with Crippen molar-refractivity contribution in [3.8, 4) is 0 Å². The number of hydrogen-bond acceptors (Lipinski definition) is 4. The summed E-state index contributed by atoms with van der Waals surface area (Å²) < 4.78 is 10.8. The van der Waals surface area contributed by atoms with Crippen LogP contribution in [0.15, 0.2) is 5.16 Å². The number of nitrogens with zero attached hydrogens (tertiary/aromatic N) is 1. The molecular weight excluding hydrogens is 278 g/mol. The van der Waals surface area contributed by atoms with Gasteiger partial charge in [-0.25, -0.2) is 0 Å². The molecule has 0 saturated carbocycles. The summed E-state index contributed by atoms with van der Waals surface area (Å²) in [5.41, 5.74) is 0. The van der Waals surface area contributed by atoms with Crippen molar-refractivity contribution in [1.82, 2.24) is 0 Å². The van der Waals surface area contributed by atoms with Crippen LogP contribution in [0.25, 0.3) is 0 Å². The average Bonchev–Trinajstić information content (AvgIpc) is 2.54. The van der Waals surface area contributed by atoms with E-state index < -0.39 is 0 Å². The minimum atomic E-state index is 0.446. The zero-order valence-corrected chi connectivity index (χ0v) is 14.8. The number of hydrogen-bond donors (Lipinski definition) is 1. The average molecular weight is 315 g/mol. The van der Waals surface area contributed by atoms with Crippen molar-refractivity contribution < 1.29 is 14.7 Å². The molecule has 0 aromatic heterocycles. The van der Waals surface area contributed by atoms with Gasteiger partial charge in [-0.1, -0.05) is 76.8 Å². The Labute approximate surface area is 137 Å². The van der Waals surface area contributed by atoms with Crippen molar-refractivity contribution in [2.45, 2.75) is 90.9 Å². The van der Waals surface area contributed by atoms with Gasteiger partial charge in [0.25, 0.3) is 0 Å². The van der Waals surface area contributed by atoms with Gasteiger partial charge < -0.3 is 14.7 Å². The summed E-state index contributed by atoms with van der Waals surface area (Å²) in [6.45, 7) is 6.21. The van der Waals surface area contributed by atoms with Crippen LogP contribution >= 0.6 is 0 Å². The lowest BCUT2D eigenvalue weighted by Crippen LogP contribution is -2.11. The highest BCUT2D eigenvalue weighted by Crippen LogP contribution is 2.11. The third kappa shape index (κ3) is 15.6. The van der Waals surface area contributed by atoms with Crippen molar-refractivity contribution in [2.24, 2.45) is 5.16 Å². The molecule has 0 atom stereocenters. The first kappa shape index (κ1) is 21.2. The monoisotopic (exact) mass is 315 g/mol. The third-order valence-electron chi connectivity index (χ3n) is 3.74. The number of oxime groups is 1. The first-order valence-corrected chi connectivity index (χ1v) is 9.26. The highest BCUT2D eigenvalue weighted by atomic mass is 16.5. The predicted molar refractivity (Wildman–Crippen MR) is 92.7 cm³/mol.